The summed E-state index contributed by atoms with van der Waals surface area (Å²) in [4.78, 5) is 4.44. The van der Waals surface area contributed by atoms with Gasteiger partial charge in [-0.25, -0.2) is 4.98 Å². The summed E-state index contributed by atoms with van der Waals surface area (Å²) in [6, 6.07) is 0.203. The maximum absolute atomic E-state index is 6.17. The molecule has 0 fully saturated rings. The van der Waals surface area contributed by atoms with Crippen LogP contribution < -0.4 is 5.73 Å². The summed E-state index contributed by atoms with van der Waals surface area (Å²) in [6.07, 6.45) is 2.00. The molecule has 1 aromatic heterocycles. The standard InChI is InChI=1S/C11H20N2S/c1-5-11(3,4)10(12)6-9-7-14-8(2)13-9/h7,10H,5-6,12H2,1-4H3. The van der Waals surface area contributed by atoms with Crippen molar-refractivity contribution in [1.82, 2.24) is 4.98 Å². The number of thiazole rings is 1. The molecule has 0 saturated carbocycles. The van der Waals surface area contributed by atoms with Gasteiger partial charge in [0, 0.05) is 17.8 Å². The average Bonchev–Trinajstić information content (AvgIpc) is 2.51. The molecule has 14 heavy (non-hydrogen) atoms. The molecule has 1 atom stereocenters. The number of hydrogen-bond acceptors (Lipinski definition) is 3. The third kappa shape index (κ3) is 2.79. The van der Waals surface area contributed by atoms with Crippen LogP contribution >= 0.6 is 11.3 Å². The van der Waals surface area contributed by atoms with Crippen LogP contribution in [0.5, 0.6) is 0 Å². The van der Waals surface area contributed by atoms with E-state index in [0.717, 1.165) is 23.5 Å². The maximum Gasteiger partial charge on any atom is 0.0897 e. The molecule has 1 heterocycles. The van der Waals surface area contributed by atoms with Crippen LogP contribution in [-0.2, 0) is 6.42 Å². The SMILES string of the molecule is CCC(C)(C)C(N)Cc1csc(C)n1. The van der Waals surface area contributed by atoms with Gasteiger partial charge in [0.15, 0.2) is 0 Å². The highest BCUT2D eigenvalue weighted by molar-refractivity contribution is 7.09. The van der Waals surface area contributed by atoms with Crippen molar-refractivity contribution in [3.8, 4) is 0 Å². The topological polar surface area (TPSA) is 38.9 Å². The van der Waals surface area contributed by atoms with E-state index < -0.39 is 0 Å². The Hall–Kier alpha value is -0.410. The van der Waals surface area contributed by atoms with E-state index in [2.05, 4.69) is 31.1 Å². The Morgan fingerprint density at radius 2 is 2.21 bits per heavy atom. The summed E-state index contributed by atoms with van der Waals surface area (Å²) in [5, 5.41) is 3.24. The Morgan fingerprint density at radius 3 is 2.64 bits per heavy atom. The first kappa shape index (κ1) is 11.7. The Balaban J connectivity index is 2.61. The molecule has 1 aromatic rings. The summed E-state index contributed by atoms with van der Waals surface area (Å²) in [5.41, 5.74) is 7.51. The van der Waals surface area contributed by atoms with Gasteiger partial charge in [0.05, 0.1) is 10.7 Å². The maximum atomic E-state index is 6.17. The fourth-order valence-electron chi connectivity index (χ4n) is 1.27. The van der Waals surface area contributed by atoms with Gasteiger partial charge in [-0.3, -0.25) is 0 Å². The minimum Gasteiger partial charge on any atom is -0.327 e. The fraction of sp³-hybridized carbons (Fsp3) is 0.727. The first-order valence-electron chi connectivity index (χ1n) is 5.12. The van der Waals surface area contributed by atoms with Crippen LogP contribution in [0, 0.1) is 12.3 Å². The summed E-state index contributed by atoms with van der Waals surface area (Å²) >= 11 is 1.70. The van der Waals surface area contributed by atoms with Crippen molar-refractivity contribution < 1.29 is 0 Å². The minimum atomic E-state index is 0.203. The molecule has 0 amide bonds. The van der Waals surface area contributed by atoms with Crippen LogP contribution in [0.15, 0.2) is 5.38 Å². The van der Waals surface area contributed by atoms with E-state index in [0.29, 0.717) is 0 Å². The first-order chi connectivity index (χ1) is 6.45. The highest BCUT2D eigenvalue weighted by Gasteiger charge is 2.24. The summed E-state index contributed by atoms with van der Waals surface area (Å²) < 4.78 is 0. The molecule has 1 unspecified atom stereocenters. The van der Waals surface area contributed by atoms with Crippen molar-refractivity contribution in [3.63, 3.8) is 0 Å². The zero-order valence-corrected chi connectivity index (χ0v) is 10.3. The van der Waals surface area contributed by atoms with Crippen molar-refractivity contribution >= 4 is 11.3 Å². The van der Waals surface area contributed by atoms with E-state index in [1.807, 2.05) is 6.92 Å². The zero-order chi connectivity index (χ0) is 10.8. The zero-order valence-electron chi connectivity index (χ0n) is 9.50. The van der Waals surface area contributed by atoms with Crippen LogP contribution in [0.1, 0.15) is 37.9 Å². The molecule has 0 aliphatic carbocycles. The molecular weight excluding hydrogens is 192 g/mol. The van der Waals surface area contributed by atoms with Crippen molar-refractivity contribution in [2.75, 3.05) is 0 Å². The molecule has 3 heteroatoms. The second-order valence-electron chi connectivity index (χ2n) is 4.51. The van der Waals surface area contributed by atoms with E-state index in [-0.39, 0.29) is 11.5 Å². The summed E-state index contributed by atoms with van der Waals surface area (Å²) in [7, 11) is 0. The highest BCUT2D eigenvalue weighted by Crippen LogP contribution is 2.25. The number of hydrogen-bond donors (Lipinski definition) is 1. The van der Waals surface area contributed by atoms with Gasteiger partial charge in [-0.1, -0.05) is 20.8 Å². The van der Waals surface area contributed by atoms with Crippen LogP contribution in [0.3, 0.4) is 0 Å². The number of nitrogens with zero attached hydrogens (tertiary/aromatic N) is 1. The van der Waals surface area contributed by atoms with Gasteiger partial charge in [-0.15, -0.1) is 11.3 Å². The minimum absolute atomic E-state index is 0.203. The highest BCUT2D eigenvalue weighted by atomic mass is 32.1. The third-order valence-corrected chi connectivity index (χ3v) is 3.83. The predicted octanol–water partition coefficient (Wildman–Crippen LogP) is 2.76. The third-order valence-electron chi connectivity index (χ3n) is 3.01. The van der Waals surface area contributed by atoms with Gasteiger partial charge >= 0.3 is 0 Å². The summed E-state index contributed by atoms with van der Waals surface area (Å²) in [6.45, 7) is 8.66. The Labute approximate surface area is 90.6 Å². The van der Waals surface area contributed by atoms with Gasteiger partial charge in [0.25, 0.3) is 0 Å². The molecule has 0 aliphatic heterocycles. The number of aryl methyl sites for hydroxylation is 1. The number of nitrogens with two attached hydrogens (primary N) is 1. The second-order valence-corrected chi connectivity index (χ2v) is 5.57. The fourth-order valence-corrected chi connectivity index (χ4v) is 1.89. The molecule has 0 radical (unpaired) electrons. The molecular formula is C11H20N2S. The first-order valence-corrected chi connectivity index (χ1v) is 6.00. The van der Waals surface area contributed by atoms with E-state index in [1.165, 1.54) is 0 Å². The molecule has 2 nitrogen and oxygen atoms in total. The van der Waals surface area contributed by atoms with Crippen LogP contribution in [0.4, 0.5) is 0 Å². The molecule has 0 saturated heterocycles. The van der Waals surface area contributed by atoms with Gasteiger partial charge in [-0.2, -0.15) is 0 Å². The number of rotatable bonds is 4. The molecule has 0 aromatic carbocycles. The smallest absolute Gasteiger partial charge is 0.0897 e. The van der Waals surface area contributed by atoms with Crippen LogP contribution in [-0.4, -0.2) is 11.0 Å². The molecule has 1 rings (SSSR count). The van der Waals surface area contributed by atoms with Crippen molar-refractivity contribution in [2.24, 2.45) is 11.1 Å². The number of aromatic nitrogens is 1. The van der Waals surface area contributed by atoms with E-state index >= 15 is 0 Å². The molecule has 80 valence electrons. The molecule has 0 spiro atoms. The molecule has 0 bridgehead atoms. The summed E-state index contributed by atoms with van der Waals surface area (Å²) in [5.74, 6) is 0. The lowest BCUT2D eigenvalue weighted by atomic mass is 9.80. The monoisotopic (exact) mass is 212 g/mol. The Kier molecular flexibility index (Phi) is 3.67. The van der Waals surface area contributed by atoms with Crippen LogP contribution in [0.2, 0.25) is 0 Å². The van der Waals surface area contributed by atoms with E-state index in [1.54, 1.807) is 11.3 Å². The lowest BCUT2D eigenvalue weighted by Gasteiger charge is -2.29. The van der Waals surface area contributed by atoms with E-state index in [9.17, 15) is 0 Å². The van der Waals surface area contributed by atoms with Crippen molar-refractivity contribution in [1.29, 1.82) is 0 Å². The van der Waals surface area contributed by atoms with Gasteiger partial charge < -0.3 is 5.73 Å². The lowest BCUT2D eigenvalue weighted by Crippen LogP contribution is -2.38. The van der Waals surface area contributed by atoms with Gasteiger partial charge in [0.2, 0.25) is 0 Å². The van der Waals surface area contributed by atoms with Crippen molar-refractivity contribution in [3.05, 3.63) is 16.1 Å². The average molecular weight is 212 g/mol. The Morgan fingerprint density at radius 1 is 1.57 bits per heavy atom. The second kappa shape index (κ2) is 4.41. The Bertz CT molecular complexity index is 291. The van der Waals surface area contributed by atoms with Crippen molar-refractivity contribution in [2.45, 2.75) is 46.6 Å². The van der Waals surface area contributed by atoms with Crippen LogP contribution in [0.25, 0.3) is 0 Å². The van der Waals surface area contributed by atoms with Gasteiger partial charge in [0.1, 0.15) is 0 Å². The van der Waals surface area contributed by atoms with Gasteiger partial charge in [-0.05, 0) is 18.8 Å². The molecule has 2 N–H and O–H groups in total. The van der Waals surface area contributed by atoms with E-state index in [4.69, 9.17) is 5.73 Å². The predicted molar refractivity (Wildman–Crippen MR) is 62.6 cm³/mol. The lowest BCUT2D eigenvalue weighted by molar-refractivity contribution is 0.271. The normalized spacial score (nSPS) is 14.4. The largest absolute Gasteiger partial charge is 0.327 e. The quantitative estimate of drug-likeness (QED) is 0.833. The molecule has 0 aliphatic rings.